The number of ether oxygens (including phenoxy) is 1. The van der Waals surface area contributed by atoms with Crippen molar-refractivity contribution in [2.75, 3.05) is 27.2 Å². The van der Waals surface area contributed by atoms with Gasteiger partial charge in [-0.05, 0) is 49.2 Å². The number of hydrogen-bond donors (Lipinski definition) is 0. The van der Waals surface area contributed by atoms with Crippen LogP contribution >= 0.6 is 0 Å². The Morgan fingerprint density at radius 1 is 1.29 bits per heavy atom. The third-order valence-electron chi connectivity index (χ3n) is 3.27. The van der Waals surface area contributed by atoms with Gasteiger partial charge in [-0.25, -0.2) is 0 Å². The molecule has 2 nitrogen and oxygen atoms in total. The molecule has 0 saturated carbocycles. The maximum atomic E-state index is 5.31. The standard InChI is InChI=1S/C15H25NO/c1-6-16(4)10-9-13-11-14(17-5)7-8-15(13)12(2)3/h7-8,11-12H,6,9-10H2,1-5H3. The van der Waals surface area contributed by atoms with Crippen LogP contribution in [0.3, 0.4) is 0 Å². The van der Waals surface area contributed by atoms with E-state index in [4.69, 9.17) is 4.74 Å². The van der Waals surface area contributed by atoms with E-state index in [2.05, 4.69) is 50.9 Å². The molecule has 1 aromatic carbocycles. The third-order valence-corrected chi connectivity index (χ3v) is 3.27. The number of methoxy groups -OCH3 is 1. The number of likely N-dealkylation sites (N-methyl/N-ethyl adjacent to an activating group) is 1. The molecule has 96 valence electrons. The number of rotatable bonds is 6. The van der Waals surface area contributed by atoms with E-state index in [1.165, 1.54) is 11.1 Å². The summed E-state index contributed by atoms with van der Waals surface area (Å²) in [7, 11) is 3.89. The van der Waals surface area contributed by atoms with Crippen LogP contribution in [0.4, 0.5) is 0 Å². The minimum absolute atomic E-state index is 0.572. The van der Waals surface area contributed by atoms with Gasteiger partial charge in [0, 0.05) is 6.54 Å². The molecule has 0 atom stereocenters. The molecule has 0 bridgehead atoms. The highest BCUT2D eigenvalue weighted by atomic mass is 16.5. The minimum atomic E-state index is 0.572. The van der Waals surface area contributed by atoms with E-state index in [1.807, 2.05) is 0 Å². The average molecular weight is 235 g/mol. The van der Waals surface area contributed by atoms with Gasteiger partial charge >= 0.3 is 0 Å². The molecule has 0 amide bonds. The zero-order chi connectivity index (χ0) is 12.8. The van der Waals surface area contributed by atoms with Gasteiger partial charge in [0.05, 0.1) is 7.11 Å². The van der Waals surface area contributed by atoms with E-state index in [1.54, 1.807) is 7.11 Å². The summed E-state index contributed by atoms with van der Waals surface area (Å²) in [6, 6.07) is 6.44. The molecule has 0 aliphatic heterocycles. The van der Waals surface area contributed by atoms with Crippen molar-refractivity contribution in [2.24, 2.45) is 0 Å². The van der Waals surface area contributed by atoms with Gasteiger partial charge in [0.15, 0.2) is 0 Å². The predicted molar refractivity (Wildman–Crippen MR) is 74.0 cm³/mol. The van der Waals surface area contributed by atoms with Gasteiger partial charge in [0.2, 0.25) is 0 Å². The van der Waals surface area contributed by atoms with Crippen LogP contribution in [-0.4, -0.2) is 32.1 Å². The van der Waals surface area contributed by atoms with Crippen molar-refractivity contribution in [3.63, 3.8) is 0 Å². The highest BCUT2D eigenvalue weighted by molar-refractivity contribution is 5.37. The van der Waals surface area contributed by atoms with Crippen molar-refractivity contribution in [1.29, 1.82) is 0 Å². The first kappa shape index (κ1) is 14.0. The number of benzene rings is 1. The Morgan fingerprint density at radius 3 is 2.53 bits per heavy atom. The Kier molecular flexibility index (Phi) is 5.49. The molecule has 0 aliphatic rings. The van der Waals surface area contributed by atoms with E-state index in [0.717, 1.165) is 25.3 Å². The molecular weight excluding hydrogens is 210 g/mol. The zero-order valence-corrected chi connectivity index (χ0v) is 11.8. The summed E-state index contributed by atoms with van der Waals surface area (Å²) in [5.41, 5.74) is 2.86. The van der Waals surface area contributed by atoms with E-state index < -0.39 is 0 Å². The average Bonchev–Trinajstić information content (AvgIpc) is 2.35. The Labute approximate surface area is 106 Å². The van der Waals surface area contributed by atoms with Crippen LogP contribution in [0.1, 0.15) is 37.8 Å². The highest BCUT2D eigenvalue weighted by Gasteiger charge is 2.08. The van der Waals surface area contributed by atoms with Gasteiger partial charge in [0.1, 0.15) is 5.75 Å². The van der Waals surface area contributed by atoms with Gasteiger partial charge in [0.25, 0.3) is 0 Å². The summed E-state index contributed by atoms with van der Waals surface area (Å²) in [4.78, 5) is 2.34. The van der Waals surface area contributed by atoms with Crippen molar-refractivity contribution >= 4 is 0 Å². The molecule has 17 heavy (non-hydrogen) atoms. The van der Waals surface area contributed by atoms with Crippen molar-refractivity contribution in [3.05, 3.63) is 29.3 Å². The molecule has 0 saturated heterocycles. The summed E-state index contributed by atoms with van der Waals surface area (Å²) in [6.45, 7) is 8.88. The van der Waals surface area contributed by atoms with Gasteiger partial charge in [-0.2, -0.15) is 0 Å². The van der Waals surface area contributed by atoms with Crippen molar-refractivity contribution < 1.29 is 4.74 Å². The van der Waals surface area contributed by atoms with Crippen LogP contribution < -0.4 is 4.74 Å². The van der Waals surface area contributed by atoms with E-state index in [9.17, 15) is 0 Å². The van der Waals surface area contributed by atoms with Crippen LogP contribution in [0, 0.1) is 0 Å². The second-order valence-corrected chi connectivity index (χ2v) is 4.87. The lowest BCUT2D eigenvalue weighted by atomic mass is 9.95. The van der Waals surface area contributed by atoms with Gasteiger partial charge in [-0.1, -0.05) is 26.8 Å². The van der Waals surface area contributed by atoms with Crippen molar-refractivity contribution in [3.8, 4) is 5.75 Å². The van der Waals surface area contributed by atoms with Gasteiger partial charge in [-0.15, -0.1) is 0 Å². The summed E-state index contributed by atoms with van der Waals surface area (Å²) in [5, 5.41) is 0. The maximum Gasteiger partial charge on any atom is 0.119 e. The normalized spacial score (nSPS) is 11.2. The Bertz CT molecular complexity index is 347. The molecule has 2 heteroatoms. The van der Waals surface area contributed by atoms with Crippen LogP contribution in [-0.2, 0) is 6.42 Å². The van der Waals surface area contributed by atoms with Crippen LogP contribution in [0.2, 0.25) is 0 Å². The van der Waals surface area contributed by atoms with E-state index in [-0.39, 0.29) is 0 Å². The van der Waals surface area contributed by atoms with Crippen LogP contribution in [0.15, 0.2) is 18.2 Å². The maximum absolute atomic E-state index is 5.31. The quantitative estimate of drug-likeness (QED) is 0.750. The van der Waals surface area contributed by atoms with E-state index >= 15 is 0 Å². The molecule has 0 radical (unpaired) electrons. The predicted octanol–water partition coefficient (Wildman–Crippen LogP) is 3.31. The first-order valence-corrected chi connectivity index (χ1v) is 6.43. The SMILES string of the molecule is CCN(C)CCc1cc(OC)ccc1C(C)C. The molecule has 0 spiro atoms. The number of hydrogen-bond acceptors (Lipinski definition) is 2. The molecule has 0 N–H and O–H groups in total. The Hall–Kier alpha value is -1.02. The van der Waals surface area contributed by atoms with Crippen molar-refractivity contribution in [1.82, 2.24) is 4.90 Å². The smallest absolute Gasteiger partial charge is 0.119 e. The fraction of sp³-hybridized carbons (Fsp3) is 0.600. The molecule has 0 fully saturated rings. The molecule has 0 unspecified atom stereocenters. The summed E-state index contributed by atoms with van der Waals surface area (Å²) in [6.07, 6.45) is 1.09. The lowest BCUT2D eigenvalue weighted by molar-refractivity contribution is 0.356. The fourth-order valence-electron chi connectivity index (χ4n) is 1.96. The molecule has 1 rings (SSSR count). The zero-order valence-electron chi connectivity index (χ0n) is 11.8. The Morgan fingerprint density at radius 2 is 2.00 bits per heavy atom. The topological polar surface area (TPSA) is 12.5 Å². The highest BCUT2D eigenvalue weighted by Crippen LogP contribution is 2.24. The first-order chi connectivity index (χ1) is 8.08. The molecule has 0 aliphatic carbocycles. The van der Waals surface area contributed by atoms with Gasteiger partial charge < -0.3 is 9.64 Å². The molecule has 0 heterocycles. The van der Waals surface area contributed by atoms with Crippen LogP contribution in [0.5, 0.6) is 5.75 Å². The first-order valence-electron chi connectivity index (χ1n) is 6.43. The largest absolute Gasteiger partial charge is 0.497 e. The second kappa shape index (κ2) is 6.65. The monoisotopic (exact) mass is 235 g/mol. The lowest BCUT2D eigenvalue weighted by Gasteiger charge is -2.18. The summed E-state index contributed by atoms with van der Waals surface area (Å²) < 4.78 is 5.31. The van der Waals surface area contributed by atoms with Crippen LogP contribution in [0.25, 0.3) is 0 Å². The fourth-order valence-corrected chi connectivity index (χ4v) is 1.96. The van der Waals surface area contributed by atoms with E-state index in [0.29, 0.717) is 5.92 Å². The summed E-state index contributed by atoms with van der Waals surface area (Å²) in [5.74, 6) is 1.53. The molecular formula is C15H25NO. The summed E-state index contributed by atoms with van der Waals surface area (Å²) >= 11 is 0. The minimum Gasteiger partial charge on any atom is -0.497 e. The second-order valence-electron chi connectivity index (χ2n) is 4.87. The lowest BCUT2D eigenvalue weighted by Crippen LogP contribution is -2.21. The molecule has 0 aromatic heterocycles. The Balaban J connectivity index is 2.85. The molecule has 1 aromatic rings. The van der Waals surface area contributed by atoms with Crippen molar-refractivity contribution in [2.45, 2.75) is 33.1 Å². The third kappa shape index (κ3) is 4.04. The van der Waals surface area contributed by atoms with Gasteiger partial charge in [-0.3, -0.25) is 0 Å². The number of nitrogens with zero attached hydrogens (tertiary/aromatic N) is 1.